The number of nitrogens with one attached hydrogen (secondary N) is 1. The van der Waals surface area contributed by atoms with Crippen LogP contribution in [0.3, 0.4) is 0 Å². The summed E-state index contributed by atoms with van der Waals surface area (Å²) in [5.41, 5.74) is 2.09. The second-order valence-corrected chi connectivity index (χ2v) is 4.21. The first-order valence-corrected chi connectivity index (χ1v) is 5.57. The van der Waals surface area contributed by atoms with E-state index in [1.807, 2.05) is 0 Å². The summed E-state index contributed by atoms with van der Waals surface area (Å²) in [5.74, 6) is 4.54. The Bertz CT molecular complexity index is 457. The number of hydrogen-bond acceptors (Lipinski definition) is 5. The van der Waals surface area contributed by atoms with Gasteiger partial charge in [-0.3, -0.25) is 4.79 Å². The highest BCUT2D eigenvalue weighted by Crippen LogP contribution is 2.31. The van der Waals surface area contributed by atoms with Crippen LogP contribution in [0.4, 0.5) is 19.0 Å². The van der Waals surface area contributed by atoms with E-state index < -0.39 is 18.6 Å². The summed E-state index contributed by atoms with van der Waals surface area (Å²) in [5, 5.41) is 0. The van der Waals surface area contributed by atoms with Crippen LogP contribution in [0.2, 0.25) is 0 Å². The van der Waals surface area contributed by atoms with Crippen molar-refractivity contribution in [3.8, 4) is 0 Å². The zero-order chi connectivity index (χ0) is 14.0. The van der Waals surface area contributed by atoms with Crippen molar-refractivity contribution in [2.45, 2.75) is 25.1 Å². The summed E-state index contributed by atoms with van der Waals surface area (Å²) in [7, 11) is 0. The summed E-state index contributed by atoms with van der Waals surface area (Å²) in [6, 6.07) is -0.358. The van der Waals surface area contributed by atoms with Gasteiger partial charge >= 0.3 is 6.18 Å². The van der Waals surface area contributed by atoms with Crippen LogP contribution >= 0.6 is 0 Å². The lowest BCUT2D eigenvalue weighted by Gasteiger charge is -2.23. The first kappa shape index (κ1) is 13.5. The number of rotatable bonds is 4. The van der Waals surface area contributed by atoms with Gasteiger partial charge in [-0.05, 0) is 12.8 Å². The summed E-state index contributed by atoms with van der Waals surface area (Å²) >= 11 is 0. The second-order valence-electron chi connectivity index (χ2n) is 4.21. The number of aromatic nitrogens is 2. The predicted molar refractivity (Wildman–Crippen MR) is 60.0 cm³/mol. The van der Waals surface area contributed by atoms with Crippen LogP contribution in [0, 0.1) is 0 Å². The number of hydrazine groups is 1. The van der Waals surface area contributed by atoms with Crippen molar-refractivity contribution in [1.82, 2.24) is 14.9 Å². The highest BCUT2D eigenvalue weighted by Gasteiger charge is 2.41. The molecule has 1 fully saturated rings. The summed E-state index contributed by atoms with van der Waals surface area (Å²) in [4.78, 5) is 20.3. The van der Waals surface area contributed by atoms with Gasteiger partial charge in [-0.25, -0.2) is 15.8 Å². The quantitative estimate of drug-likeness (QED) is 0.631. The van der Waals surface area contributed by atoms with E-state index >= 15 is 0 Å². The minimum Gasteiger partial charge on any atom is -0.325 e. The number of amides is 1. The Labute approximate surface area is 106 Å². The van der Waals surface area contributed by atoms with Gasteiger partial charge in [0.15, 0.2) is 5.82 Å². The molecule has 0 aromatic carbocycles. The lowest BCUT2D eigenvalue weighted by molar-refractivity contribution is -0.141. The number of nitrogen functional groups attached to an aromatic ring is 1. The molecule has 1 aliphatic carbocycles. The van der Waals surface area contributed by atoms with Gasteiger partial charge in [-0.15, -0.1) is 0 Å². The lowest BCUT2D eigenvalue weighted by atomic mass is 10.3. The fourth-order valence-corrected chi connectivity index (χ4v) is 1.61. The van der Waals surface area contributed by atoms with Crippen molar-refractivity contribution < 1.29 is 18.0 Å². The standard InChI is InChI=1S/C10H12F3N5O/c11-10(12,13)5-18(6-1-2-6)9(19)7-3-16-8(17-14)4-15-7/h3-4,6H,1-2,5,14H2,(H,16,17). The van der Waals surface area contributed by atoms with Crippen molar-refractivity contribution in [1.29, 1.82) is 0 Å². The number of anilines is 1. The summed E-state index contributed by atoms with van der Waals surface area (Å²) in [6.45, 7) is -1.27. The van der Waals surface area contributed by atoms with E-state index in [0.29, 0.717) is 12.8 Å². The van der Waals surface area contributed by atoms with Crippen LogP contribution in [-0.4, -0.2) is 39.5 Å². The molecule has 0 aliphatic heterocycles. The Kier molecular flexibility index (Phi) is 3.56. The molecule has 1 saturated carbocycles. The highest BCUT2D eigenvalue weighted by molar-refractivity contribution is 5.92. The Morgan fingerprint density at radius 3 is 2.53 bits per heavy atom. The van der Waals surface area contributed by atoms with Gasteiger partial charge in [-0.1, -0.05) is 0 Å². The Hall–Kier alpha value is -1.90. The SMILES string of the molecule is NNc1cnc(C(=O)N(CC(F)(F)F)C2CC2)cn1. The molecule has 0 radical (unpaired) electrons. The third kappa shape index (κ3) is 3.53. The van der Waals surface area contributed by atoms with Crippen LogP contribution in [-0.2, 0) is 0 Å². The third-order valence-electron chi connectivity index (χ3n) is 2.62. The number of carbonyl (C=O) groups is 1. The van der Waals surface area contributed by atoms with E-state index in [2.05, 4.69) is 15.4 Å². The molecule has 2 rings (SSSR count). The number of alkyl halides is 3. The van der Waals surface area contributed by atoms with Crippen molar-refractivity contribution >= 4 is 11.7 Å². The van der Waals surface area contributed by atoms with Gasteiger partial charge in [0.05, 0.1) is 12.4 Å². The average Bonchev–Trinajstić information content (AvgIpc) is 3.18. The molecule has 0 unspecified atom stereocenters. The van der Waals surface area contributed by atoms with E-state index in [0.717, 1.165) is 11.1 Å². The molecule has 1 aliphatic rings. The molecule has 0 atom stereocenters. The highest BCUT2D eigenvalue weighted by atomic mass is 19.4. The number of nitrogens with zero attached hydrogens (tertiary/aromatic N) is 3. The zero-order valence-corrected chi connectivity index (χ0v) is 9.81. The number of carbonyl (C=O) groups excluding carboxylic acids is 1. The maximum atomic E-state index is 12.4. The average molecular weight is 275 g/mol. The molecule has 9 heteroatoms. The van der Waals surface area contributed by atoms with E-state index in [1.165, 1.54) is 6.20 Å². The molecule has 1 aromatic rings. The maximum Gasteiger partial charge on any atom is 0.406 e. The monoisotopic (exact) mass is 275 g/mol. The van der Waals surface area contributed by atoms with E-state index in [4.69, 9.17) is 5.84 Å². The molecule has 0 saturated heterocycles. The minimum atomic E-state index is -4.43. The molecule has 1 aromatic heterocycles. The van der Waals surface area contributed by atoms with Gasteiger partial charge in [0.1, 0.15) is 12.2 Å². The Morgan fingerprint density at radius 2 is 2.11 bits per heavy atom. The normalized spacial score (nSPS) is 15.2. The van der Waals surface area contributed by atoms with E-state index in [1.54, 1.807) is 0 Å². The Balaban J connectivity index is 2.14. The molecule has 6 nitrogen and oxygen atoms in total. The lowest BCUT2D eigenvalue weighted by Crippen LogP contribution is -2.40. The third-order valence-corrected chi connectivity index (χ3v) is 2.62. The molecule has 1 heterocycles. The molecular formula is C10H12F3N5O. The first-order valence-electron chi connectivity index (χ1n) is 5.57. The molecule has 104 valence electrons. The van der Waals surface area contributed by atoms with Gasteiger partial charge in [-0.2, -0.15) is 13.2 Å². The smallest absolute Gasteiger partial charge is 0.325 e. The minimum absolute atomic E-state index is 0.129. The molecular weight excluding hydrogens is 263 g/mol. The van der Waals surface area contributed by atoms with Crippen LogP contribution in [0.25, 0.3) is 0 Å². The fourth-order valence-electron chi connectivity index (χ4n) is 1.61. The van der Waals surface area contributed by atoms with Gasteiger partial charge in [0.2, 0.25) is 0 Å². The van der Waals surface area contributed by atoms with Crippen molar-refractivity contribution in [2.75, 3.05) is 12.0 Å². The predicted octanol–water partition coefficient (Wildman–Crippen LogP) is 0.929. The summed E-state index contributed by atoms with van der Waals surface area (Å²) < 4.78 is 37.3. The van der Waals surface area contributed by atoms with Crippen LogP contribution < -0.4 is 11.3 Å². The molecule has 3 N–H and O–H groups in total. The first-order chi connectivity index (χ1) is 8.90. The summed E-state index contributed by atoms with van der Waals surface area (Å²) in [6.07, 6.45) is -0.977. The molecule has 0 spiro atoms. The largest absolute Gasteiger partial charge is 0.406 e. The maximum absolute atomic E-state index is 12.4. The number of halogens is 3. The van der Waals surface area contributed by atoms with Crippen LogP contribution in [0.1, 0.15) is 23.3 Å². The van der Waals surface area contributed by atoms with E-state index in [9.17, 15) is 18.0 Å². The van der Waals surface area contributed by atoms with Crippen molar-refractivity contribution in [3.63, 3.8) is 0 Å². The molecule has 1 amide bonds. The van der Waals surface area contributed by atoms with Crippen LogP contribution in [0.15, 0.2) is 12.4 Å². The Morgan fingerprint density at radius 1 is 1.42 bits per heavy atom. The molecule has 0 bridgehead atoms. The second kappa shape index (κ2) is 5.00. The fraction of sp³-hybridized carbons (Fsp3) is 0.500. The van der Waals surface area contributed by atoms with Gasteiger partial charge in [0, 0.05) is 6.04 Å². The van der Waals surface area contributed by atoms with Crippen molar-refractivity contribution in [2.24, 2.45) is 5.84 Å². The topological polar surface area (TPSA) is 84.1 Å². The van der Waals surface area contributed by atoms with E-state index in [-0.39, 0.29) is 17.6 Å². The zero-order valence-electron chi connectivity index (χ0n) is 9.81. The van der Waals surface area contributed by atoms with Crippen LogP contribution in [0.5, 0.6) is 0 Å². The molecule has 19 heavy (non-hydrogen) atoms. The van der Waals surface area contributed by atoms with Gasteiger partial charge in [0.25, 0.3) is 5.91 Å². The van der Waals surface area contributed by atoms with Crippen molar-refractivity contribution in [3.05, 3.63) is 18.1 Å². The number of hydrogen-bond donors (Lipinski definition) is 2. The van der Waals surface area contributed by atoms with Gasteiger partial charge < -0.3 is 10.3 Å². The number of nitrogens with two attached hydrogens (primary N) is 1.